The molecule has 24 heavy (non-hydrogen) atoms. The third-order valence-electron chi connectivity index (χ3n) is 4.50. The molecule has 1 aromatic carbocycles. The van der Waals surface area contributed by atoms with Crippen molar-refractivity contribution in [2.75, 3.05) is 37.6 Å². The van der Waals surface area contributed by atoms with Crippen molar-refractivity contribution in [1.82, 2.24) is 9.96 Å². The van der Waals surface area contributed by atoms with Crippen molar-refractivity contribution in [2.24, 2.45) is 5.92 Å². The molecule has 0 aromatic heterocycles. The minimum atomic E-state index is -0.330. The SMILES string of the molecule is CCCCC(CN(O)C=O)C(=O)N1CCN(c2ccccc2)CC1. The maximum atomic E-state index is 12.8. The van der Waals surface area contributed by atoms with Gasteiger partial charge in [0, 0.05) is 31.9 Å². The van der Waals surface area contributed by atoms with E-state index in [-0.39, 0.29) is 18.4 Å². The van der Waals surface area contributed by atoms with E-state index in [4.69, 9.17) is 0 Å². The first-order valence-electron chi connectivity index (χ1n) is 8.65. The minimum absolute atomic E-state index is 0.0389. The van der Waals surface area contributed by atoms with Crippen molar-refractivity contribution in [3.8, 4) is 0 Å². The molecular formula is C18H27N3O3. The molecule has 1 aliphatic heterocycles. The van der Waals surface area contributed by atoms with E-state index in [0.29, 0.717) is 31.0 Å². The summed E-state index contributed by atoms with van der Waals surface area (Å²) < 4.78 is 0. The Morgan fingerprint density at radius 3 is 2.50 bits per heavy atom. The third-order valence-corrected chi connectivity index (χ3v) is 4.50. The van der Waals surface area contributed by atoms with Crippen LogP contribution in [-0.4, -0.2) is 60.2 Å². The van der Waals surface area contributed by atoms with Gasteiger partial charge in [0.2, 0.25) is 12.3 Å². The summed E-state index contributed by atoms with van der Waals surface area (Å²) in [5.74, 6) is -0.291. The fourth-order valence-electron chi connectivity index (χ4n) is 3.09. The number of carbonyl (C=O) groups excluding carboxylic acids is 2. The molecule has 1 atom stereocenters. The maximum absolute atomic E-state index is 12.8. The van der Waals surface area contributed by atoms with Crippen LogP contribution in [0.3, 0.4) is 0 Å². The molecular weight excluding hydrogens is 306 g/mol. The van der Waals surface area contributed by atoms with Crippen LogP contribution in [-0.2, 0) is 9.59 Å². The van der Waals surface area contributed by atoms with Gasteiger partial charge in [-0.1, -0.05) is 38.0 Å². The van der Waals surface area contributed by atoms with Crippen LogP contribution in [0.2, 0.25) is 0 Å². The third kappa shape index (κ3) is 4.96. The molecule has 6 nitrogen and oxygen atoms in total. The molecule has 6 heteroatoms. The first kappa shape index (κ1) is 18.3. The highest BCUT2D eigenvalue weighted by Crippen LogP contribution is 2.18. The summed E-state index contributed by atoms with van der Waals surface area (Å²) in [7, 11) is 0. The number of rotatable bonds is 8. The van der Waals surface area contributed by atoms with Crippen molar-refractivity contribution in [3.05, 3.63) is 30.3 Å². The highest BCUT2D eigenvalue weighted by molar-refractivity contribution is 5.79. The fourth-order valence-corrected chi connectivity index (χ4v) is 3.09. The Morgan fingerprint density at radius 1 is 1.25 bits per heavy atom. The topological polar surface area (TPSA) is 64.1 Å². The monoisotopic (exact) mass is 333 g/mol. The molecule has 1 heterocycles. The van der Waals surface area contributed by atoms with E-state index in [2.05, 4.69) is 24.0 Å². The second kappa shape index (κ2) is 9.27. The summed E-state index contributed by atoms with van der Waals surface area (Å²) in [6.07, 6.45) is 2.95. The zero-order valence-electron chi connectivity index (χ0n) is 14.3. The van der Waals surface area contributed by atoms with Crippen LogP contribution in [0.1, 0.15) is 26.2 Å². The number of hydrogen-bond acceptors (Lipinski definition) is 4. The van der Waals surface area contributed by atoms with Gasteiger partial charge in [0.1, 0.15) is 0 Å². The van der Waals surface area contributed by atoms with E-state index in [1.54, 1.807) is 0 Å². The van der Waals surface area contributed by atoms with Gasteiger partial charge >= 0.3 is 0 Å². The molecule has 1 fully saturated rings. The quantitative estimate of drug-likeness (QED) is 0.449. The highest BCUT2D eigenvalue weighted by Gasteiger charge is 2.28. The van der Waals surface area contributed by atoms with Crippen molar-refractivity contribution < 1.29 is 14.8 Å². The molecule has 2 amide bonds. The Balaban J connectivity index is 1.92. The predicted molar refractivity (Wildman–Crippen MR) is 92.8 cm³/mol. The Bertz CT molecular complexity index is 516. The van der Waals surface area contributed by atoms with Crippen molar-refractivity contribution in [1.29, 1.82) is 0 Å². The van der Waals surface area contributed by atoms with E-state index in [0.717, 1.165) is 25.9 Å². The lowest BCUT2D eigenvalue weighted by Crippen LogP contribution is -2.51. The molecule has 1 unspecified atom stereocenters. The smallest absolute Gasteiger partial charge is 0.233 e. The molecule has 0 radical (unpaired) electrons. The highest BCUT2D eigenvalue weighted by atomic mass is 16.5. The number of hydrogen-bond donors (Lipinski definition) is 1. The molecule has 0 aliphatic carbocycles. The molecule has 2 rings (SSSR count). The van der Waals surface area contributed by atoms with Gasteiger partial charge in [-0.3, -0.25) is 14.8 Å². The van der Waals surface area contributed by atoms with Crippen LogP contribution < -0.4 is 4.90 Å². The minimum Gasteiger partial charge on any atom is -0.368 e. The molecule has 0 spiro atoms. The van der Waals surface area contributed by atoms with Crippen LogP contribution in [0.15, 0.2) is 30.3 Å². The number of piperazine rings is 1. The molecule has 132 valence electrons. The number of nitrogens with zero attached hydrogens (tertiary/aromatic N) is 3. The molecule has 1 saturated heterocycles. The second-order valence-electron chi connectivity index (χ2n) is 6.21. The number of unbranched alkanes of at least 4 members (excludes halogenated alkanes) is 1. The van der Waals surface area contributed by atoms with Gasteiger partial charge in [-0.25, -0.2) is 5.06 Å². The van der Waals surface area contributed by atoms with Gasteiger partial charge < -0.3 is 9.80 Å². The first-order valence-corrected chi connectivity index (χ1v) is 8.65. The number of carbonyl (C=O) groups is 2. The summed E-state index contributed by atoms with van der Waals surface area (Å²) in [5, 5.41) is 10.0. The van der Waals surface area contributed by atoms with Gasteiger partial charge in [0.05, 0.1) is 12.5 Å². The summed E-state index contributed by atoms with van der Waals surface area (Å²) in [4.78, 5) is 27.5. The lowest BCUT2D eigenvalue weighted by molar-refractivity contribution is -0.157. The van der Waals surface area contributed by atoms with Crippen LogP contribution in [0, 0.1) is 5.92 Å². The zero-order chi connectivity index (χ0) is 17.4. The Labute approximate surface area is 143 Å². The average Bonchev–Trinajstić information content (AvgIpc) is 2.65. The average molecular weight is 333 g/mol. The number of amides is 2. The van der Waals surface area contributed by atoms with E-state index in [9.17, 15) is 14.8 Å². The lowest BCUT2D eigenvalue weighted by atomic mass is 10.00. The lowest BCUT2D eigenvalue weighted by Gasteiger charge is -2.37. The Morgan fingerprint density at radius 2 is 1.92 bits per heavy atom. The molecule has 1 N–H and O–H groups in total. The van der Waals surface area contributed by atoms with E-state index >= 15 is 0 Å². The first-order chi connectivity index (χ1) is 11.7. The maximum Gasteiger partial charge on any atom is 0.233 e. The predicted octanol–water partition coefficient (Wildman–Crippen LogP) is 1.99. The second-order valence-corrected chi connectivity index (χ2v) is 6.21. The summed E-state index contributed by atoms with van der Waals surface area (Å²) in [6, 6.07) is 10.2. The molecule has 0 bridgehead atoms. The summed E-state index contributed by atoms with van der Waals surface area (Å²) in [6.45, 7) is 5.07. The largest absolute Gasteiger partial charge is 0.368 e. The summed E-state index contributed by atoms with van der Waals surface area (Å²) >= 11 is 0. The van der Waals surface area contributed by atoms with Crippen LogP contribution in [0.4, 0.5) is 5.69 Å². The fraction of sp³-hybridized carbons (Fsp3) is 0.556. The number of benzene rings is 1. The number of anilines is 1. The van der Waals surface area contributed by atoms with Gasteiger partial charge in [-0.15, -0.1) is 0 Å². The van der Waals surface area contributed by atoms with E-state index < -0.39 is 0 Å². The normalized spacial score (nSPS) is 15.9. The van der Waals surface area contributed by atoms with Gasteiger partial charge in [-0.05, 0) is 18.6 Å². The standard InChI is InChI=1S/C18H27N3O3/c1-2-3-7-16(14-21(24)15-22)18(23)20-12-10-19(11-13-20)17-8-5-4-6-9-17/h4-6,8-9,15-16,24H,2-3,7,10-14H2,1H3. The van der Waals surface area contributed by atoms with Crippen molar-refractivity contribution >= 4 is 18.0 Å². The molecule has 1 aliphatic rings. The number of hydroxylamine groups is 2. The molecule has 1 aromatic rings. The van der Waals surface area contributed by atoms with Crippen LogP contribution >= 0.6 is 0 Å². The van der Waals surface area contributed by atoms with E-state index in [1.165, 1.54) is 5.69 Å². The van der Waals surface area contributed by atoms with Crippen molar-refractivity contribution in [3.63, 3.8) is 0 Å². The number of para-hydroxylation sites is 1. The van der Waals surface area contributed by atoms with Gasteiger partial charge in [0.25, 0.3) is 0 Å². The van der Waals surface area contributed by atoms with Crippen LogP contribution in [0.5, 0.6) is 0 Å². The van der Waals surface area contributed by atoms with Gasteiger partial charge in [0.15, 0.2) is 0 Å². The van der Waals surface area contributed by atoms with E-state index in [1.807, 2.05) is 23.1 Å². The Hall–Kier alpha value is -2.08. The summed E-state index contributed by atoms with van der Waals surface area (Å²) in [5.41, 5.74) is 1.18. The molecule has 0 saturated carbocycles. The zero-order valence-corrected chi connectivity index (χ0v) is 14.3. The van der Waals surface area contributed by atoms with Crippen LogP contribution in [0.25, 0.3) is 0 Å². The van der Waals surface area contributed by atoms with Gasteiger partial charge in [-0.2, -0.15) is 0 Å². The van der Waals surface area contributed by atoms with Crippen molar-refractivity contribution in [2.45, 2.75) is 26.2 Å². The Kier molecular flexibility index (Phi) is 7.06.